The Balaban J connectivity index is 1.49. The van der Waals surface area contributed by atoms with Crippen LogP contribution in [-0.4, -0.2) is 49.3 Å². The van der Waals surface area contributed by atoms with Gasteiger partial charge in [0.05, 0.1) is 11.6 Å². The van der Waals surface area contributed by atoms with Crippen LogP contribution in [0.4, 0.5) is 15.8 Å². The summed E-state index contributed by atoms with van der Waals surface area (Å²) in [6, 6.07) is 11.7. The fraction of sp³-hybridized carbons (Fsp3) is 0.300. The summed E-state index contributed by atoms with van der Waals surface area (Å²) < 4.78 is 13.2. The van der Waals surface area contributed by atoms with Gasteiger partial charge < -0.3 is 10.2 Å². The van der Waals surface area contributed by atoms with Crippen LogP contribution in [0.15, 0.2) is 42.5 Å². The van der Waals surface area contributed by atoms with E-state index in [0.29, 0.717) is 11.3 Å². The van der Waals surface area contributed by atoms with Crippen LogP contribution in [0.2, 0.25) is 5.02 Å². The molecule has 5 nitrogen and oxygen atoms in total. The number of hydrogen-bond acceptors (Lipinski definition) is 4. The summed E-state index contributed by atoms with van der Waals surface area (Å²) in [6.07, 6.45) is 0. The Morgan fingerprint density at radius 2 is 1.74 bits per heavy atom. The highest BCUT2D eigenvalue weighted by Gasteiger charge is 2.19. The number of carbonyl (C=O) groups is 2. The number of anilines is 2. The first-order valence-corrected chi connectivity index (χ1v) is 9.13. The number of halogens is 2. The smallest absolute Gasteiger partial charge is 0.238 e. The normalized spacial score (nSPS) is 14.9. The van der Waals surface area contributed by atoms with Crippen molar-refractivity contribution in [3.8, 4) is 0 Å². The van der Waals surface area contributed by atoms with Gasteiger partial charge in [0.2, 0.25) is 5.91 Å². The van der Waals surface area contributed by atoms with E-state index in [-0.39, 0.29) is 23.3 Å². The van der Waals surface area contributed by atoms with Crippen molar-refractivity contribution >= 4 is 34.7 Å². The zero-order valence-electron chi connectivity index (χ0n) is 15.0. The van der Waals surface area contributed by atoms with E-state index >= 15 is 0 Å². The number of amides is 1. The molecule has 0 aliphatic carbocycles. The van der Waals surface area contributed by atoms with E-state index in [9.17, 15) is 14.0 Å². The van der Waals surface area contributed by atoms with Crippen molar-refractivity contribution < 1.29 is 14.0 Å². The highest BCUT2D eigenvalue weighted by Crippen LogP contribution is 2.20. The lowest BCUT2D eigenvalue weighted by atomic mass is 10.1. The van der Waals surface area contributed by atoms with Crippen molar-refractivity contribution in [1.29, 1.82) is 0 Å². The Hall–Kier alpha value is -2.44. The van der Waals surface area contributed by atoms with Crippen molar-refractivity contribution in [2.45, 2.75) is 6.92 Å². The SMILES string of the molecule is CC(=O)c1ccc(N2CCN(CC(=O)Nc3ccc(F)c(Cl)c3)CC2)cc1. The molecule has 1 fully saturated rings. The summed E-state index contributed by atoms with van der Waals surface area (Å²) in [4.78, 5) is 27.9. The molecule has 1 amide bonds. The Labute approximate surface area is 162 Å². The van der Waals surface area contributed by atoms with Gasteiger partial charge in [-0.05, 0) is 49.4 Å². The largest absolute Gasteiger partial charge is 0.369 e. The molecule has 1 N–H and O–H groups in total. The van der Waals surface area contributed by atoms with E-state index < -0.39 is 5.82 Å². The molecule has 1 aliphatic rings. The van der Waals surface area contributed by atoms with Gasteiger partial charge in [-0.1, -0.05) is 11.6 Å². The molecule has 3 rings (SSSR count). The molecule has 2 aromatic carbocycles. The minimum Gasteiger partial charge on any atom is -0.369 e. The minimum atomic E-state index is -0.512. The third-order valence-electron chi connectivity index (χ3n) is 4.58. The molecule has 1 heterocycles. The lowest BCUT2D eigenvalue weighted by Gasteiger charge is -2.35. The van der Waals surface area contributed by atoms with Crippen LogP contribution in [0, 0.1) is 5.82 Å². The van der Waals surface area contributed by atoms with Crippen LogP contribution in [0.3, 0.4) is 0 Å². The molecule has 0 bridgehead atoms. The van der Waals surface area contributed by atoms with E-state index in [2.05, 4.69) is 15.1 Å². The first kappa shape index (κ1) is 19.3. The standard InChI is InChI=1S/C20H21ClFN3O2/c1-14(26)15-2-5-17(6-3-15)25-10-8-24(9-11-25)13-20(27)23-16-4-7-19(22)18(21)12-16/h2-7,12H,8-11,13H2,1H3,(H,23,27). The Bertz CT molecular complexity index is 834. The van der Waals surface area contributed by atoms with Crippen LogP contribution in [0.1, 0.15) is 17.3 Å². The van der Waals surface area contributed by atoms with Crippen LogP contribution in [0.25, 0.3) is 0 Å². The molecule has 1 aliphatic heterocycles. The molecule has 0 unspecified atom stereocenters. The van der Waals surface area contributed by atoms with Crippen LogP contribution in [0.5, 0.6) is 0 Å². The van der Waals surface area contributed by atoms with E-state index in [0.717, 1.165) is 31.9 Å². The highest BCUT2D eigenvalue weighted by atomic mass is 35.5. The average Bonchev–Trinajstić information content (AvgIpc) is 2.65. The van der Waals surface area contributed by atoms with Crippen molar-refractivity contribution in [3.05, 3.63) is 58.9 Å². The summed E-state index contributed by atoms with van der Waals surface area (Å²) in [5, 5.41) is 2.72. The first-order chi connectivity index (χ1) is 12.9. The Kier molecular flexibility index (Phi) is 6.08. The molecule has 7 heteroatoms. The topological polar surface area (TPSA) is 52.7 Å². The zero-order chi connectivity index (χ0) is 19.4. The van der Waals surface area contributed by atoms with Crippen LogP contribution in [-0.2, 0) is 4.79 Å². The molecule has 2 aromatic rings. The number of ketones is 1. The maximum absolute atomic E-state index is 13.2. The second-order valence-electron chi connectivity index (χ2n) is 6.54. The van der Waals surface area contributed by atoms with Gasteiger partial charge in [-0.2, -0.15) is 0 Å². The maximum Gasteiger partial charge on any atom is 0.238 e. The summed E-state index contributed by atoms with van der Waals surface area (Å²) in [5.74, 6) is -0.612. The molecule has 0 saturated carbocycles. The van der Waals surface area contributed by atoms with Gasteiger partial charge in [0.25, 0.3) is 0 Å². The van der Waals surface area contributed by atoms with Gasteiger partial charge in [0.1, 0.15) is 5.82 Å². The van der Waals surface area contributed by atoms with Gasteiger partial charge in [0.15, 0.2) is 5.78 Å². The summed E-state index contributed by atoms with van der Waals surface area (Å²) >= 11 is 5.73. The van der Waals surface area contributed by atoms with E-state index in [1.54, 1.807) is 6.92 Å². The average molecular weight is 390 g/mol. The van der Waals surface area contributed by atoms with Gasteiger partial charge in [-0.3, -0.25) is 14.5 Å². The Morgan fingerprint density at radius 3 is 2.33 bits per heavy atom. The molecule has 0 spiro atoms. The van der Waals surface area contributed by atoms with E-state index in [1.807, 2.05) is 24.3 Å². The van der Waals surface area contributed by atoms with Crippen molar-refractivity contribution in [2.24, 2.45) is 0 Å². The lowest BCUT2D eigenvalue weighted by molar-refractivity contribution is -0.117. The fourth-order valence-corrected chi connectivity index (χ4v) is 3.23. The van der Waals surface area contributed by atoms with Crippen molar-refractivity contribution in [3.63, 3.8) is 0 Å². The molecule has 142 valence electrons. The number of nitrogens with zero attached hydrogens (tertiary/aromatic N) is 2. The molecule has 27 heavy (non-hydrogen) atoms. The van der Waals surface area contributed by atoms with Crippen LogP contribution >= 0.6 is 11.6 Å². The first-order valence-electron chi connectivity index (χ1n) is 8.75. The number of piperazine rings is 1. The number of nitrogens with one attached hydrogen (secondary N) is 1. The third kappa shape index (κ3) is 5.05. The quantitative estimate of drug-likeness (QED) is 0.796. The Morgan fingerprint density at radius 1 is 1.07 bits per heavy atom. The van der Waals surface area contributed by atoms with E-state index in [1.165, 1.54) is 18.2 Å². The summed E-state index contributed by atoms with van der Waals surface area (Å²) in [5.41, 5.74) is 2.26. The summed E-state index contributed by atoms with van der Waals surface area (Å²) in [7, 11) is 0. The number of Topliss-reactive ketones (excluding diaryl/α,β-unsaturated/α-hetero) is 1. The van der Waals surface area contributed by atoms with Crippen LogP contribution < -0.4 is 10.2 Å². The lowest BCUT2D eigenvalue weighted by Crippen LogP contribution is -2.48. The molecule has 0 atom stereocenters. The highest BCUT2D eigenvalue weighted by molar-refractivity contribution is 6.31. The second kappa shape index (κ2) is 8.50. The molecule has 0 radical (unpaired) electrons. The molecular formula is C20H21ClFN3O2. The zero-order valence-corrected chi connectivity index (χ0v) is 15.8. The molecule has 0 aromatic heterocycles. The fourth-order valence-electron chi connectivity index (χ4n) is 3.05. The number of benzene rings is 2. The summed E-state index contributed by atoms with van der Waals surface area (Å²) in [6.45, 7) is 4.94. The number of rotatable bonds is 5. The maximum atomic E-state index is 13.2. The van der Waals surface area contributed by atoms with Crippen molar-refractivity contribution in [1.82, 2.24) is 4.90 Å². The van der Waals surface area contributed by atoms with Crippen molar-refractivity contribution in [2.75, 3.05) is 42.9 Å². The minimum absolute atomic E-state index is 0.0165. The number of carbonyl (C=O) groups excluding carboxylic acids is 2. The van der Waals surface area contributed by atoms with Gasteiger partial charge in [-0.15, -0.1) is 0 Å². The predicted molar refractivity (Wildman–Crippen MR) is 105 cm³/mol. The molecule has 1 saturated heterocycles. The van der Waals surface area contributed by atoms with Gasteiger partial charge in [0, 0.05) is 43.1 Å². The van der Waals surface area contributed by atoms with Gasteiger partial charge >= 0.3 is 0 Å². The molecular weight excluding hydrogens is 369 g/mol. The number of hydrogen-bond donors (Lipinski definition) is 1. The van der Waals surface area contributed by atoms with Gasteiger partial charge in [-0.25, -0.2) is 4.39 Å². The monoisotopic (exact) mass is 389 g/mol. The predicted octanol–water partition coefficient (Wildman–Crippen LogP) is 3.44. The van der Waals surface area contributed by atoms with E-state index in [4.69, 9.17) is 11.6 Å². The second-order valence-corrected chi connectivity index (χ2v) is 6.95. The third-order valence-corrected chi connectivity index (χ3v) is 4.87.